The number of nitrogens with two attached hydrogens (primary N) is 1. The zero-order chi connectivity index (χ0) is 35.7. The predicted molar refractivity (Wildman–Crippen MR) is 183 cm³/mol. The number of carbonyl (C=O) groups is 2. The lowest BCUT2D eigenvalue weighted by Crippen LogP contribution is -2.60. The summed E-state index contributed by atoms with van der Waals surface area (Å²) in [6.07, 6.45) is 5.95. The van der Waals surface area contributed by atoms with Gasteiger partial charge in [0, 0.05) is 18.9 Å². The van der Waals surface area contributed by atoms with Crippen LogP contribution in [0.1, 0.15) is 114 Å². The number of hydrogen-bond acceptors (Lipinski definition) is 9. The van der Waals surface area contributed by atoms with Crippen LogP contribution in [0, 0.1) is 50.7 Å². The second kappa shape index (κ2) is 11.6. The lowest BCUT2D eigenvalue weighted by molar-refractivity contribution is -0.250. The molecule has 15 unspecified atom stereocenters. The summed E-state index contributed by atoms with van der Waals surface area (Å²) < 4.78 is 25.4. The molecule has 0 bridgehead atoms. The van der Waals surface area contributed by atoms with Crippen LogP contribution in [0.25, 0.3) is 0 Å². The van der Waals surface area contributed by atoms with Gasteiger partial charge in [-0.15, -0.1) is 0 Å². The number of carbonyl (C=O) groups excluding carboxylic acids is 2. The molecule has 0 aromatic rings. The first-order valence-corrected chi connectivity index (χ1v) is 19.3. The van der Waals surface area contributed by atoms with Gasteiger partial charge in [-0.1, -0.05) is 34.6 Å². The first-order chi connectivity index (χ1) is 22.7. The molecule has 15 atom stereocenters. The number of primary amides is 1. The number of morpholine rings is 1. The molecule has 7 fully saturated rings. The summed E-state index contributed by atoms with van der Waals surface area (Å²) in [5.74, 6) is 0.630. The maximum absolute atomic E-state index is 12.6. The van der Waals surface area contributed by atoms with Crippen LogP contribution >= 0.6 is 0 Å². The highest BCUT2D eigenvalue weighted by atomic mass is 16.7. The molecule has 0 aromatic carbocycles. The van der Waals surface area contributed by atoms with E-state index in [9.17, 15) is 19.8 Å². The van der Waals surface area contributed by atoms with Crippen molar-refractivity contribution in [3.8, 4) is 0 Å². The van der Waals surface area contributed by atoms with Gasteiger partial charge in [-0.25, -0.2) is 0 Å². The molecule has 5 aliphatic carbocycles. The SMILES string of the molecule is CC(=O)OC(C1CC(C)C2C(O1)C(O)C1(C)C3CCC4C(C)(C)C(OC5CN(C(C)C(N)=O)CCO5)CCC45CC35CCC21C)C(C)(C)O. The summed E-state index contributed by atoms with van der Waals surface area (Å²) in [4.78, 5) is 26.1. The molecule has 1 amide bonds. The van der Waals surface area contributed by atoms with E-state index in [2.05, 4.69) is 39.5 Å². The fourth-order valence-corrected chi connectivity index (χ4v) is 14.0. The van der Waals surface area contributed by atoms with Gasteiger partial charge in [0.2, 0.25) is 5.91 Å². The maximum Gasteiger partial charge on any atom is 0.303 e. The summed E-state index contributed by atoms with van der Waals surface area (Å²) in [7, 11) is 0. The van der Waals surface area contributed by atoms with Crippen LogP contribution in [-0.4, -0.2) is 95.1 Å². The Bertz CT molecular complexity index is 1330. The van der Waals surface area contributed by atoms with E-state index >= 15 is 0 Å². The smallest absolute Gasteiger partial charge is 0.303 e. The standard InChI is InChI=1S/C39H64N2O8/c1-21-18-24(32(35(6,7)45)47-23(3)42)48-30-29(21)36(8)14-15-39-20-38(39)13-12-27(49-28-19-41(16-17-46-28)22(2)33(40)44)34(4,5)25(38)10-11-26(39)37(36,9)31(30)43/h21-22,24-32,43,45H,10-20H2,1-9H3,(H2,40,44). The van der Waals surface area contributed by atoms with Crippen molar-refractivity contribution < 1.29 is 38.7 Å². The molecule has 2 aliphatic heterocycles. The first kappa shape index (κ1) is 36.1. The normalized spacial score (nSPS) is 50.1. The van der Waals surface area contributed by atoms with Crippen molar-refractivity contribution in [2.75, 3.05) is 19.7 Å². The zero-order valence-electron chi connectivity index (χ0n) is 31.5. The van der Waals surface area contributed by atoms with Crippen LogP contribution in [-0.2, 0) is 28.5 Å². The van der Waals surface area contributed by atoms with Gasteiger partial charge >= 0.3 is 5.97 Å². The molecule has 5 saturated carbocycles. The number of hydrogen-bond donors (Lipinski definition) is 3. The van der Waals surface area contributed by atoms with Crippen molar-refractivity contribution in [3.05, 3.63) is 0 Å². The Kier molecular flexibility index (Phi) is 8.54. The second-order valence-electron chi connectivity index (χ2n) is 19.2. The molecule has 49 heavy (non-hydrogen) atoms. The molecule has 2 heterocycles. The second-order valence-corrected chi connectivity index (χ2v) is 19.2. The fraction of sp³-hybridized carbons (Fsp3) is 0.949. The number of ether oxygens (including phenoxy) is 4. The molecule has 7 aliphatic rings. The molecule has 10 nitrogen and oxygen atoms in total. The van der Waals surface area contributed by atoms with Gasteiger partial charge in [0.15, 0.2) is 12.4 Å². The number of aliphatic hydroxyl groups excluding tert-OH is 1. The van der Waals surface area contributed by atoms with Gasteiger partial charge in [0.1, 0.15) is 0 Å². The molecule has 10 heteroatoms. The monoisotopic (exact) mass is 688 g/mol. The highest BCUT2D eigenvalue weighted by Gasteiger charge is 2.84. The Balaban J connectivity index is 1.12. The third-order valence-electron chi connectivity index (χ3n) is 16.4. The molecule has 2 saturated heterocycles. The molecular weight excluding hydrogens is 624 g/mol. The van der Waals surface area contributed by atoms with Crippen LogP contribution in [0.4, 0.5) is 0 Å². The highest BCUT2D eigenvalue weighted by molar-refractivity contribution is 5.79. The van der Waals surface area contributed by atoms with Crippen molar-refractivity contribution >= 4 is 11.9 Å². The van der Waals surface area contributed by atoms with Gasteiger partial charge in [0.25, 0.3) is 0 Å². The number of fused-ring (bicyclic) bond motifs is 4. The van der Waals surface area contributed by atoms with Gasteiger partial charge in [0.05, 0.1) is 49.2 Å². The van der Waals surface area contributed by atoms with Crippen LogP contribution in [0.15, 0.2) is 0 Å². The predicted octanol–water partition coefficient (Wildman–Crippen LogP) is 4.42. The Hall–Kier alpha value is -1.30. The molecule has 7 rings (SSSR count). The lowest BCUT2D eigenvalue weighted by Gasteiger charge is -2.64. The van der Waals surface area contributed by atoms with E-state index in [0.29, 0.717) is 38.0 Å². The summed E-state index contributed by atoms with van der Waals surface area (Å²) in [5, 5.41) is 23.6. The number of rotatable bonds is 7. The summed E-state index contributed by atoms with van der Waals surface area (Å²) in [6.45, 7) is 20.3. The van der Waals surface area contributed by atoms with Crippen molar-refractivity contribution in [2.24, 2.45) is 56.5 Å². The molecule has 4 N–H and O–H groups in total. The average molecular weight is 689 g/mol. The van der Waals surface area contributed by atoms with E-state index in [1.807, 2.05) is 6.92 Å². The molecule has 0 aromatic heterocycles. The lowest BCUT2D eigenvalue weighted by atomic mass is 9.41. The minimum absolute atomic E-state index is 0.0364. The van der Waals surface area contributed by atoms with Gasteiger partial charge in [-0.05, 0) is 117 Å². The Morgan fingerprint density at radius 3 is 2.37 bits per heavy atom. The number of esters is 1. The third kappa shape index (κ3) is 4.99. The quantitative estimate of drug-likeness (QED) is 0.332. The average Bonchev–Trinajstić information content (AvgIpc) is 3.65. The first-order valence-electron chi connectivity index (χ1n) is 19.3. The molecule has 278 valence electrons. The highest BCUT2D eigenvalue weighted by Crippen LogP contribution is 2.89. The number of amides is 1. The van der Waals surface area contributed by atoms with E-state index in [4.69, 9.17) is 24.7 Å². The van der Waals surface area contributed by atoms with Crippen molar-refractivity contribution in [2.45, 2.75) is 162 Å². The van der Waals surface area contributed by atoms with E-state index < -0.39 is 29.9 Å². The maximum atomic E-state index is 12.6. The zero-order valence-corrected chi connectivity index (χ0v) is 31.5. The summed E-state index contributed by atoms with van der Waals surface area (Å²) in [6, 6.07) is -0.344. The Morgan fingerprint density at radius 1 is 1.04 bits per heavy atom. The molecular formula is C39H64N2O8. The van der Waals surface area contributed by atoms with E-state index in [0.717, 1.165) is 32.1 Å². The van der Waals surface area contributed by atoms with E-state index in [-0.39, 0.29) is 69.4 Å². The van der Waals surface area contributed by atoms with Gasteiger partial charge < -0.3 is 34.9 Å². The molecule has 0 radical (unpaired) electrons. The van der Waals surface area contributed by atoms with Crippen LogP contribution in [0.3, 0.4) is 0 Å². The van der Waals surface area contributed by atoms with Crippen LogP contribution in [0.2, 0.25) is 0 Å². The largest absolute Gasteiger partial charge is 0.457 e. The Morgan fingerprint density at radius 2 is 1.71 bits per heavy atom. The number of aliphatic hydroxyl groups is 2. The Labute approximate surface area is 293 Å². The third-order valence-corrected chi connectivity index (χ3v) is 16.4. The van der Waals surface area contributed by atoms with E-state index in [1.165, 1.54) is 19.8 Å². The minimum Gasteiger partial charge on any atom is -0.457 e. The topological polar surface area (TPSA) is 141 Å². The molecule has 2 spiro atoms. The van der Waals surface area contributed by atoms with Gasteiger partial charge in [-0.2, -0.15) is 0 Å². The van der Waals surface area contributed by atoms with Crippen molar-refractivity contribution in [1.82, 2.24) is 4.90 Å². The van der Waals surface area contributed by atoms with Gasteiger partial charge in [-0.3, -0.25) is 14.5 Å². The van der Waals surface area contributed by atoms with Crippen molar-refractivity contribution in [1.29, 1.82) is 0 Å². The summed E-state index contributed by atoms with van der Waals surface area (Å²) >= 11 is 0. The number of nitrogens with zero attached hydrogens (tertiary/aromatic N) is 1. The van der Waals surface area contributed by atoms with Crippen LogP contribution < -0.4 is 5.73 Å². The van der Waals surface area contributed by atoms with Crippen LogP contribution in [0.5, 0.6) is 0 Å². The minimum atomic E-state index is -1.27. The summed E-state index contributed by atoms with van der Waals surface area (Å²) in [5.41, 5.74) is 4.40. The van der Waals surface area contributed by atoms with Crippen molar-refractivity contribution in [3.63, 3.8) is 0 Å². The fourth-order valence-electron chi connectivity index (χ4n) is 14.0. The van der Waals surface area contributed by atoms with E-state index in [1.54, 1.807) is 13.8 Å².